The molecule has 4 rings (SSSR count). The predicted octanol–water partition coefficient (Wildman–Crippen LogP) is 2.69. The maximum absolute atomic E-state index is 13.2. The van der Waals surface area contributed by atoms with Gasteiger partial charge in [-0.2, -0.15) is 10.1 Å². The van der Waals surface area contributed by atoms with Crippen LogP contribution in [0.4, 0.5) is 10.3 Å². The van der Waals surface area contributed by atoms with Crippen molar-refractivity contribution in [1.29, 1.82) is 0 Å². The monoisotopic (exact) mass is 298 g/mol. The summed E-state index contributed by atoms with van der Waals surface area (Å²) >= 11 is 0. The third-order valence-corrected chi connectivity index (χ3v) is 4.25. The van der Waals surface area contributed by atoms with Crippen molar-refractivity contribution in [3.05, 3.63) is 53.2 Å². The van der Waals surface area contributed by atoms with Crippen molar-refractivity contribution in [2.45, 2.75) is 25.8 Å². The van der Waals surface area contributed by atoms with Gasteiger partial charge >= 0.3 is 0 Å². The number of Topliss-reactive ketones (excluding diaryl/α,β-unsaturated/α-hetero) is 1. The van der Waals surface area contributed by atoms with E-state index >= 15 is 0 Å². The molecule has 22 heavy (non-hydrogen) atoms. The molecule has 0 radical (unpaired) electrons. The molecule has 0 fully saturated rings. The van der Waals surface area contributed by atoms with Crippen LogP contribution in [0.25, 0.3) is 0 Å². The molecule has 5 nitrogen and oxygen atoms in total. The van der Waals surface area contributed by atoms with E-state index in [2.05, 4.69) is 22.3 Å². The average Bonchev–Trinajstić information content (AvgIpc) is 2.93. The van der Waals surface area contributed by atoms with E-state index in [1.54, 1.807) is 16.8 Å². The number of rotatable bonds is 1. The van der Waals surface area contributed by atoms with E-state index < -0.39 is 0 Å². The maximum Gasteiger partial charge on any atom is 0.226 e. The Morgan fingerprint density at radius 2 is 2.05 bits per heavy atom. The van der Waals surface area contributed by atoms with Crippen molar-refractivity contribution >= 4 is 11.7 Å². The van der Waals surface area contributed by atoms with Crippen molar-refractivity contribution in [2.24, 2.45) is 5.92 Å². The molecular formula is C16H15FN4O. The molecular weight excluding hydrogens is 283 g/mol. The number of aromatic nitrogens is 3. The van der Waals surface area contributed by atoms with E-state index in [-0.39, 0.29) is 17.6 Å². The van der Waals surface area contributed by atoms with Gasteiger partial charge in [-0.1, -0.05) is 19.1 Å². The summed E-state index contributed by atoms with van der Waals surface area (Å²) in [5.74, 6) is 0.753. The van der Waals surface area contributed by atoms with Crippen molar-refractivity contribution in [3.63, 3.8) is 0 Å². The summed E-state index contributed by atoms with van der Waals surface area (Å²) in [4.78, 5) is 16.8. The number of hydrogen-bond donors (Lipinski definition) is 1. The van der Waals surface area contributed by atoms with E-state index in [4.69, 9.17) is 0 Å². The van der Waals surface area contributed by atoms with Gasteiger partial charge in [0.15, 0.2) is 5.78 Å². The first-order chi connectivity index (χ1) is 10.6. The summed E-state index contributed by atoms with van der Waals surface area (Å²) in [6.07, 6.45) is 2.80. The minimum absolute atomic E-state index is 0.122. The smallest absolute Gasteiger partial charge is 0.226 e. The Kier molecular flexibility index (Phi) is 2.85. The van der Waals surface area contributed by atoms with E-state index in [0.29, 0.717) is 18.3 Å². The third-order valence-electron chi connectivity index (χ3n) is 4.25. The molecule has 0 amide bonds. The lowest BCUT2D eigenvalue weighted by molar-refractivity contribution is -0.117. The fourth-order valence-electron chi connectivity index (χ4n) is 3.30. The van der Waals surface area contributed by atoms with E-state index in [9.17, 15) is 9.18 Å². The van der Waals surface area contributed by atoms with Crippen LogP contribution in [-0.2, 0) is 4.79 Å². The lowest BCUT2D eigenvalue weighted by Gasteiger charge is -2.34. The number of hydrogen-bond acceptors (Lipinski definition) is 4. The molecule has 1 aromatic carbocycles. The van der Waals surface area contributed by atoms with Gasteiger partial charge in [0.2, 0.25) is 5.95 Å². The predicted molar refractivity (Wildman–Crippen MR) is 78.6 cm³/mol. The molecule has 6 heteroatoms. The Balaban J connectivity index is 1.89. The first kappa shape index (κ1) is 13.2. The second-order valence-electron chi connectivity index (χ2n) is 5.94. The number of carbonyl (C=O) groups excluding carboxylic acids is 1. The topological polar surface area (TPSA) is 59.8 Å². The fourth-order valence-corrected chi connectivity index (χ4v) is 3.30. The van der Waals surface area contributed by atoms with Crippen LogP contribution < -0.4 is 5.32 Å². The molecule has 0 saturated carbocycles. The second kappa shape index (κ2) is 4.76. The molecule has 1 aliphatic heterocycles. The normalized spacial score (nSPS) is 23.8. The number of nitrogens with one attached hydrogen (secondary N) is 1. The number of halogens is 1. The van der Waals surface area contributed by atoms with Crippen molar-refractivity contribution < 1.29 is 9.18 Å². The summed E-state index contributed by atoms with van der Waals surface area (Å²) in [5.41, 5.74) is 2.48. The Morgan fingerprint density at radius 1 is 1.27 bits per heavy atom. The number of ketones is 1. The van der Waals surface area contributed by atoms with Gasteiger partial charge in [-0.3, -0.25) is 4.79 Å². The standard InChI is InChI=1S/C16H15FN4O/c1-9-6-12-14(13(22)7-9)15(10-2-4-11(17)5-3-10)21-16(20-12)18-8-19-21/h2-5,8-9,15H,6-7H2,1H3,(H,18,19,20)/t9-,15-/m0/s1. The summed E-state index contributed by atoms with van der Waals surface area (Å²) in [7, 11) is 0. The SMILES string of the molecule is C[C@@H]1CC(=O)C2=C(C1)Nc1ncnn1[C@H]2c1ccc(F)cc1. The molecule has 0 saturated heterocycles. The zero-order chi connectivity index (χ0) is 15.3. The van der Waals surface area contributed by atoms with Gasteiger partial charge in [0.1, 0.15) is 18.2 Å². The quantitative estimate of drug-likeness (QED) is 0.879. The first-order valence-electron chi connectivity index (χ1n) is 7.31. The van der Waals surface area contributed by atoms with Gasteiger partial charge in [0.25, 0.3) is 0 Å². The molecule has 0 bridgehead atoms. The van der Waals surface area contributed by atoms with Crippen LogP contribution in [-0.4, -0.2) is 20.5 Å². The lowest BCUT2D eigenvalue weighted by Crippen LogP contribution is -2.33. The first-order valence-corrected chi connectivity index (χ1v) is 7.31. The molecule has 2 aromatic rings. The Labute approximate surface area is 126 Å². The number of benzene rings is 1. The number of anilines is 1. The van der Waals surface area contributed by atoms with Crippen molar-refractivity contribution in [3.8, 4) is 0 Å². The Hall–Kier alpha value is -2.50. The number of fused-ring (bicyclic) bond motifs is 1. The fraction of sp³-hybridized carbons (Fsp3) is 0.312. The highest BCUT2D eigenvalue weighted by Crippen LogP contribution is 2.40. The highest BCUT2D eigenvalue weighted by molar-refractivity contribution is 5.99. The van der Waals surface area contributed by atoms with Crippen LogP contribution in [0.1, 0.15) is 31.4 Å². The van der Waals surface area contributed by atoms with E-state index in [1.807, 2.05) is 0 Å². The van der Waals surface area contributed by atoms with Gasteiger partial charge in [-0.15, -0.1) is 0 Å². The summed E-state index contributed by atoms with van der Waals surface area (Å²) in [6.45, 7) is 2.07. The van der Waals surface area contributed by atoms with Gasteiger partial charge < -0.3 is 5.32 Å². The lowest BCUT2D eigenvalue weighted by atomic mass is 9.81. The van der Waals surface area contributed by atoms with Gasteiger partial charge in [0, 0.05) is 17.7 Å². The highest BCUT2D eigenvalue weighted by Gasteiger charge is 2.37. The Bertz CT molecular complexity index is 778. The highest BCUT2D eigenvalue weighted by atomic mass is 19.1. The van der Waals surface area contributed by atoms with E-state index in [0.717, 1.165) is 23.3 Å². The minimum atomic E-state index is -0.339. The molecule has 2 atom stereocenters. The number of carbonyl (C=O) groups is 1. The zero-order valence-electron chi connectivity index (χ0n) is 12.1. The van der Waals surface area contributed by atoms with Crippen molar-refractivity contribution in [2.75, 3.05) is 5.32 Å². The average molecular weight is 298 g/mol. The maximum atomic E-state index is 13.2. The minimum Gasteiger partial charge on any atom is -0.328 e. The number of nitrogens with zero attached hydrogens (tertiary/aromatic N) is 3. The number of allylic oxidation sites excluding steroid dienone is 2. The largest absolute Gasteiger partial charge is 0.328 e. The van der Waals surface area contributed by atoms with Crippen LogP contribution in [0.15, 0.2) is 41.9 Å². The molecule has 112 valence electrons. The molecule has 1 aromatic heterocycles. The summed E-state index contributed by atoms with van der Waals surface area (Å²) < 4.78 is 14.9. The molecule has 0 unspecified atom stereocenters. The molecule has 2 heterocycles. The summed E-state index contributed by atoms with van der Waals surface area (Å²) in [6, 6.07) is 5.88. The van der Waals surface area contributed by atoms with E-state index in [1.165, 1.54) is 18.5 Å². The van der Waals surface area contributed by atoms with Crippen molar-refractivity contribution in [1.82, 2.24) is 14.8 Å². The summed E-state index contributed by atoms with van der Waals surface area (Å²) in [5, 5.41) is 7.47. The molecule has 1 aliphatic carbocycles. The molecule has 2 aliphatic rings. The van der Waals surface area contributed by atoms with Crippen LogP contribution in [0.3, 0.4) is 0 Å². The second-order valence-corrected chi connectivity index (χ2v) is 5.94. The van der Waals surface area contributed by atoms with Crippen LogP contribution in [0.5, 0.6) is 0 Å². The van der Waals surface area contributed by atoms with Crippen LogP contribution in [0.2, 0.25) is 0 Å². The van der Waals surface area contributed by atoms with Crippen LogP contribution >= 0.6 is 0 Å². The van der Waals surface area contributed by atoms with Gasteiger partial charge in [0.05, 0.1) is 0 Å². The van der Waals surface area contributed by atoms with Gasteiger partial charge in [-0.25, -0.2) is 9.07 Å². The zero-order valence-corrected chi connectivity index (χ0v) is 12.1. The van der Waals surface area contributed by atoms with Crippen LogP contribution in [0, 0.1) is 11.7 Å². The molecule has 1 N–H and O–H groups in total. The third kappa shape index (κ3) is 1.94. The van der Waals surface area contributed by atoms with Gasteiger partial charge in [-0.05, 0) is 30.0 Å². The Morgan fingerprint density at radius 3 is 2.82 bits per heavy atom. The molecule has 0 spiro atoms.